The number of benzene rings is 3. The van der Waals surface area contributed by atoms with Crippen LogP contribution in [0.15, 0.2) is 91.1 Å². The Balaban J connectivity index is 0.00000127. The average molecular weight is 834 g/mol. The minimum atomic E-state index is -1.82. The molecule has 0 aliphatic carbocycles. The molecule has 5 rings (SSSR count). The van der Waals surface area contributed by atoms with Crippen molar-refractivity contribution in [3.05, 3.63) is 102 Å². The molecule has 4 N–H and O–H groups in total. The summed E-state index contributed by atoms with van der Waals surface area (Å²) in [6.45, 7) is 26.8. The van der Waals surface area contributed by atoms with Gasteiger partial charge in [-0.3, -0.25) is 9.80 Å². The van der Waals surface area contributed by atoms with Gasteiger partial charge in [0.15, 0.2) is 5.82 Å². The van der Waals surface area contributed by atoms with Gasteiger partial charge in [-0.05, 0) is 123 Å². The first kappa shape index (κ1) is 48.7. The Morgan fingerprint density at radius 3 is 1.46 bits per heavy atom. The highest BCUT2D eigenvalue weighted by atomic mass is 16.4. The van der Waals surface area contributed by atoms with Crippen LogP contribution in [0.5, 0.6) is 0 Å². The summed E-state index contributed by atoms with van der Waals surface area (Å²) in [7, 11) is 0. The van der Waals surface area contributed by atoms with Gasteiger partial charge in [-0.2, -0.15) is 0 Å². The van der Waals surface area contributed by atoms with Crippen LogP contribution in [0, 0.1) is 0 Å². The second-order valence-corrected chi connectivity index (χ2v) is 17.0. The Hall–Kier alpha value is -4.94. The van der Waals surface area contributed by atoms with E-state index in [1.165, 1.54) is 24.0 Å². The number of carboxylic acids is 2. The highest BCUT2D eigenvalue weighted by Crippen LogP contribution is 2.32. The van der Waals surface area contributed by atoms with Gasteiger partial charge in [-0.1, -0.05) is 80.6 Å². The molecule has 0 spiro atoms. The van der Waals surface area contributed by atoms with Crippen LogP contribution in [0.2, 0.25) is 0 Å². The van der Waals surface area contributed by atoms with Crippen molar-refractivity contribution in [3.8, 4) is 28.3 Å². The number of aliphatic carboxylic acids is 2. The lowest BCUT2D eigenvalue weighted by Crippen LogP contribution is -2.45. The van der Waals surface area contributed by atoms with Crippen LogP contribution >= 0.6 is 0 Å². The van der Waals surface area contributed by atoms with Gasteiger partial charge in [0, 0.05) is 77.7 Å². The fraction of sp³-hybridized carbons (Fsp3) is 0.480. The Morgan fingerprint density at radius 1 is 0.607 bits per heavy atom. The molecule has 0 aliphatic heterocycles. The number of hydrogen-bond donors (Lipinski definition) is 4. The first-order valence-electron chi connectivity index (χ1n) is 22.2. The largest absolute Gasteiger partial charge is 0.473 e. The van der Waals surface area contributed by atoms with E-state index in [2.05, 4.69) is 185 Å². The lowest BCUT2D eigenvalue weighted by Gasteiger charge is -2.38. The second kappa shape index (κ2) is 23.9. The van der Waals surface area contributed by atoms with Gasteiger partial charge in [-0.15, -0.1) is 0 Å². The Kier molecular flexibility index (Phi) is 19.1. The van der Waals surface area contributed by atoms with Gasteiger partial charge in [0.2, 0.25) is 0 Å². The normalized spacial score (nSPS) is 12.8. The topological polar surface area (TPSA) is 136 Å². The third-order valence-electron chi connectivity index (χ3n) is 11.3. The van der Waals surface area contributed by atoms with E-state index >= 15 is 0 Å². The first-order chi connectivity index (χ1) is 29.2. The summed E-state index contributed by atoms with van der Waals surface area (Å²) < 4.78 is 2.17. The van der Waals surface area contributed by atoms with Crippen molar-refractivity contribution >= 4 is 23.0 Å². The average Bonchev–Trinajstić information content (AvgIpc) is 3.67. The number of fused-ring (bicyclic) bond motifs is 1. The molecular formula is C50H71N7O4. The molecule has 0 amide bonds. The third-order valence-corrected chi connectivity index (χ3v) is 11.3. The summed E-state index contributed by atoms with van der Waals surface area (Å²) in [4.78, 5) is 33.9. The maximum Gasteiger partial charge on any atom is 0.414 e. The number of carbonyl (C=O) groups is 2. The van der Waals surface area contributed by atoms with Crippen LogP contribution in [0.1, 0.15) is 106 Å². The third kappa shape index (κ3) is 13.8. The number of nitrogens with zero attached hydrogens (tertiary/aromatic N) is 5. The van der Waals surface area contributed by atoms with Crippen molar-refractivity contribution in [1.82, 2.24) is 35.0 Å². The zero-order valence-electron chi connectivity index (χ0n) is 38.2. The zero-order chi connectivity index (χ0) is 44.6. The molecule has 0 fully saturated rings. The van der Waals surface area contributed by atoms with Crippen LogP contribution in [0.4, 0.5) is 0 Å². The molecule has 2 heterocycles. The van der Waals surface area contributed by atoms with Crippen LogP contribution in [-0.2, 0) is 22.7 Å². The molecule has 2 aromatic heterocycles. The summed E-state index contributed by atoms with van der Waals surface area (Å²) in [6.07, 6.45) is 6.76. The number of carboxylic acid groups (broad SMARTS) is 2. The van der Waals surface area contributed by atoms with E-state index in [-0.39, 0.29) is 0 Å². The van der Waals surface area contributed by atoms with Crippen molar-refractivity contribution < 1.29 is 19.8 Å². The molecule has 0 radical (unpaired) electrons. The van der Waals surface area contributed by atoms with E-state index in [1.54, 1.807) is 0 Å². The van der Waals surface area contributed by atoms with Crippen molar-refractivity contribution in [2.45, 2.75) is 144 Å². The molecule has 0 saturated heterocycles. The molecule has 2 atom stereocenters. The van der Waals surface area contributed by atoms with E-state index in [1.807, 2.05) is 0 Å². The summed E-state index contributed by atoms with van der Waals surface area (Å²) in [5.74, 6) is -2.91. The van der Waals surface area contributed by atoms with Crippen LogP contribution < -0.4 is 10.6 Å². The van der Waals surface area contributed by atoms with E-state index in [0.717, 1.165) is 78.4 Å². The van der Waals surface area contributed by atoms with Crippen LogP contribution in [-0.4, -0.2) is 95.8 Å². The van der Waals surface area contributed by atoms with Crippen LogP contribution in [0.3, 0.4) is 0 Å². The standard InChI is InChI=1S/C48H69N7.C2H2O4/c1-11-42(54(34(3)4)35(5)6)26-29-49-32-38-18-22-40(23-19-38)46-45-28-31-53(44-16-14-13-15-17-44)48(45)52-47(51-46)41-24-20-39(21-25-41)33-50-30-27-43(12-2)55(36(7)8)37(9)10;3-1(4)2(5)6/h13-25,28,31,34-37,42-43,49-50H,11-12,26-27,29-30,32-33H2,1-10H3;(H,3,4)(H,5,6). The lowest BCUT2D eigenvalue weighted by atomic mass is 10.0. The van der Waals surface area contributed by atoms with Crippen LogP contribution in [0.25, 0.3) is 39.4 Å². The minimum Gasteiger partial charge on any atom is -0.473 e. The lowest BCUT2D eigenvalue weighted by molar-refractivity contribution is -0.159. The molecule has 61 heavy (non-hydrogen) atoms. The monoisotopic (exact) mass is 834 g/mol. The number of para-hydroxylation sites is 1. The number of hydrogen-bond acceptors (Lipinski definition) is 8. The highest BCUT2D eigenvalue weighted by molar-refractivity contribution is 6.27. The number of rotatable bonds is 21. The molecule has 3 aromatic carbocycles. The molecule has 5 aromatic rings. The SMILES string of the molecule is CCC(CCNCc1ccc(-c2nc(-c3ccc(CNCCC(CC)N(C(C)C)C(C)C)cc3)c3ccn(-c4ccccc4)c3n2)cc1)N(C(C)C)C(C)C.O=C(O)C(=O)O. The van der Waals surface area contributed by atoms with Gasteiger partial charge in [0.25, 0.3) is 0 Å². The van der Waals surface area contributed by atoms with E-state index in [4.69, 9.17) is 29.8 Å². The summed E-state index contributed by atoms with van der Waals surface area (Å²) in [6, 6.07) is 33.7. The van der Waals surface area contributed by atoms with E-state index in [9.17, 15) is 0 Å². The molecule has 11 heteroatoms. The number of aromatic nitrogens is 3. The Labute approximate surface area is 364 Å². The Bertz CT molecular complexity index is 2050. The van der Waals surface area contributed by atoms with Gasteiger partial charge < -0.3 is 25.4 Å². The predicted octanol–water partition coefficient (Wildman–Crippen LogP) is 9.66. The fourth-order valence-electron chi connectivity index (χ4n) is 8.72. The van der Waals surface area contributed by atoms with Gasteiger partial charge in [0.1, 0.15) is 5.65 Å². The predicted molar refractivity (Wildman–Crippen MR) is 250 cm³/mol. The summed E-state index contributed by atoms with van der Waals surface area (Å²) >= 11 is 0. The van der Waals surface area contributed by atoms with E-state index < -0.39 is 11.9 Å². The first-order valence-corrected chi connectivity index (χ1v) is 22.2. The van der Waals surface area contributed by atoms with Gasteiger partial charge >= 0.3 is 11.9 Å². The van der Waals surface area contributed by atoms with Gasteiger partial charge in [-0.25, -0.2) is 19.6 Å². The van der Waals surface area contributed by atoms with Crippen molar-refractivity contribution in [3.63, 3.8) is 0 Å². The summed E-state index contributed by atoms with van der Waals surface area (Å²) in [5.41, 5.74) is 7.60. The zero-order valence-corrected chi connectivity index (χ0v) is 38.2. The van der Waals surface area contributed by atoms with E-state index in [0.29, 0.717) is 36.3 Å². The molecular weight excluding hydrogens is 763 g/mol. The maximum atomic E-state index is 9.10. The quantitative estimate of drug-likeness (QED) is 0.0418. The second-order valence-electron chi connectivity index (χ2n) is 17.0. The van der Waals surface area contributed by atoms with Crippen molar-refractivity contribution in [2.75, 3.05) is 13.1 Å². The molecule has 11 nitrogen and oxygen atoms in total. The summed E-state index contributed by atoms with van der Waals surface area (Å²) in [5, 5.41) is 23.3. The van der Waals surface area contributed by atoms with Crippen molar-refractivity contribution in [2.24, 2.45) is 0 Å². The molecule has 330 valence electrons. The minimum absolute atomic E-state index is 0.552. The smallest absolute Gasteiger partial charge is 0.414 e. The molecule has 0 aliphatic rings. The van der Waals surface area contributed by atoms with Gasteiger partial charge in [0.05, 0.1) is 5.69 Å². The van der Waals surface area contributed by atoms with Crippen molar-refractivity contribution in [1.29, 1.82) is 0 Å². The molecule has 0 bridgehead atoms. The fourth-order valence-corrected chi connectivity index (χ4v) is 8.72. The molecule has 2 unspecified atom stereocenters. The highest BCUT2D eigenvalue weighted by Gasteiger charge is 2.23. The molecule has 0 saturated carbocycles. The number of nitrogens with one attached hydrogen (secondary N) is 2. The Morgan fingerprint density at radius 2 is 1.05 bits per heavy atom. The maximum absolute atomic E-state index is 9.10.